The van der Waals surface area contributed by atoms with E-state index < -0.39 is 5.82 Å². The number of aromatic nitrogens is 5. The van der Waals surface area contributed by atoms with E-state index in [4.69, 9.17) is 9.47 Å². The van der Waals surface area contributed by atoms with Crippen LogP contribution in [0.2, 0.25) is 0 Å². The molecule has 34 heavy (non-hydrogen) atoms. The minimum Gasteiger partial charge on any atom is -0.497 e. The van der Waals surface area contributed by atoms with Crippen molar-refractivity contribution in [2.45, 2.75) is 18.7 Å². The lowest BCUT2D eigenvalue weighted by Crippen LogP contribution is -2.17. The number of rotatable bonds is 9. The van der Waals surface area contributed by atoms with Crippen LogP contribution in [-0.4, -0.2) is 43.3 Å². The number of carbonyl (C=O) groups is 1. The van der Waals surface area contributed by atoms with Crippen molar-refractivity contribution in [2.75, 3.05) is 18.2 Å². The fourth-order valence-corrected chi connectivity index (χ4v) is 3.98. The summed E-state index contributed by atoms with van der Waals surface area (Å²) in [5.41, 5.74) is 1.07. The predicted molar refractivity (Wildman–Crippen MR) is 126 cm³/mol. The number of halogens is 1. The summed E-state index contributed by atoms with van der Waals surface area (Å²) >= 11 is 1.15. The van der Waals surface area contributed by atoms with Gasteiger partial charge in [0.2, 0.25) is 5.91 Å². The fourth-order valence-electron chi connectivity index (χ4n) is 3.22. The van der Waals surface area contributed by atoms with Crippen molar-refractivity contribution < 1.29 is 18.7 Å². The van der Waals surface area contributed by atoms with E-state index in [0.29, 0.717) is 28.3 Å². The highest BCUT2D eigenvalue weighted by Gasteiger charge is 2.19. The molecule has 0 saturated heterocycles. The van der Waals surface area contributed by atoms with E-state index in [1.165, 1.54) is 6.07 Å². The van der Waals surface area contributed by atoms with E-state index >= 15 is 0 Å². The van der Waals surface area contributed by atoms with Crippen molar-refractivity contribution in [3.8, 4) is 17.2 Å². The van der Waals surface area contributed by atoms with Crippen molar-refractivity contribution in [2.24, 2.45) is 7.05 Å². The van der Waals surface area contributed by atoms with Gasteiger partial charge in [0.15, 0.2) is 11.0 Å². The Labute approximate surface area is 199 Å². The summed E-state index contributed by atoms with van der Waals surface area (Å²) < 4.78 is 28.8. The number of benzene rings is 2. The van der Waals surface area contributed by atoms with Crippen LogP contribution in [0.25, 0.3) is 5.69 Å². The number of aryl methyl sites for hydroxylation is 2. The number of methoxy groups -OCH3 is 1. The standard InChI is InChI=1S/C23H23FN6O3S/c1-15-12-20(29(2)28-15)25-22(31)14-34-23-27-26-21(30(23)19-7-5-4-6-18(19)24)13-33-17-10-8-16(32-3)9-11-17/h4-12H,13-14H2,1-3H3,(H,25,31). The molecule has 0 aliphatic rings. The second-order valence-corrected chi connectivity index (χ2v) is 8.22. The van der Waals surface area contributed by atoms with Gasteiger partial charge in [-0.05, 0) is 43.3 Å². The Morgan fingerprint density at radius 1 is 1.12 bits per heavy atom. The third-order valence-electron chi connectivity index (χ3n) is 4.82. The largest absolute Gasteiger partial charge is 0.497 e. The number of thioether (sulfide) groups is 1. The zero-order valence-corrected chi connectivity index (χ0v) is 19.7. The fraction of sp³-hybridized carbons (Fsp3) is 0.217. The van der Waals surface area contributed by atoms with Gasteiger partial charge < -0.3 is 14.8 Å². The molecule has 2 heterocycles. The Kier molecular flexibility index (Phi) is 7.12. The number of hydrogen-bond donors (Lipinski definition) is 1. The van der Waals surface area contributed by atoms with Crippen LogP contribution < -0.4 is 14.8 Å². The molecule has 11 heteroatoms. The first-order chi connectivity index (χ1) is 16.4. The molecule has 4 rings (SSSR count). The minimum atomic E-state index is -0.440. The van der Waals surface area contributed by atoms with Gasteiger partial charge in [-0.1, -0.05) is 23.9 Å². The summed E-state index contributed by atoms with van der Waals surface area (Å²) in [6.07, 6.45) is 0. The average molecular weight is 483 g/mol. The van der Waals surface area contributed by atoms with Gasteiger partial charge >= 0.3 is 0 Å². The molecule has 1 N–H and O–H groups in total. The molecule has 1 amide bonds. The van der Waals surface area contributed by atoms with Crippen molar-refractivity contribution >= 4 is 23.5 Å². The van der Waals surface area contributed by atoms with Gasteiger partial charge in [0.1, 0.15) is 29.7 Å². The molecule has 4 aromatic rings. The third kappa shape index (κ3) is 5.37. The number of amides is 1. The molecule has 0 radical (unpaired) electrons. The van der Waals surface area contributed by atoms with Crippen LogP contribution in [-0.2, 0) is 18.4 Å². The normalized spacial score (nSPS) is 10.8. The van der Waals surface area contributed by atoms with Crippen molar-refractivity contribution in [1.82, 2.24) is 24.5 Å². The van der Waals surface area contributed by atoms with E-state index in [9.17, 15) is 9.18 Å². The van der Waals surface area contributed by atoms with Crippen molar-refractivity contribution in [3.05, 3.63) is 71.9 Å². The maximum atomic E-state index is 14.7. The molecular formula is C23H23FN6O3S. The Balaban J connectivity index is 1.52. The van der Waals surface area contributed by atoms with E-state index in [2.05, 4.69) is 20.6 Å². The van der Waals surface area contributed by atoms with E-state index in [1.807, 2.05) is 6.92 Å². The summed E-state index contributed by atoms with van der Waals surface area (Å²) in [5.74, 6) is 1.66. The summed E-state index contributed by atoms with van der Waals surface area (Å²) in [6, 6.07) is 15.2. The number of ether oxygens (including phenoxy) is 2. The predicted octanol–water partition coefficient (Wildman–Crippen LogP) is 3.77. The molecule has 0 spiro atoms. The molecular weight excluding hydrogens is 459 g/mol. The molecule has 0 bridgehead atoms. The first-order valence-corrected chi connectivity index (χ1v) is 11.3. The summed E-state index contributed by atoms with van der Waals surface area (Å²) in [5, 5.41) is 15.8. The Morgan fingerprint density at radius 2 is 1.85 bits per heavy atom. The summed E-state index contributed by atoms with van der Waals surface area (Å²) in [4.78, 5) is 12.5. The van der Waals surface area contributed by atoms with Gasteiger partial charge in [0.25, 0.3) is 0 Å². The van der Waals surface area contributed by atoms with Crippen molar-refractivity contribution in [1.29, 1.82) is 0 Å². The van der Waals surface area contributed by atoms with Crippen LogP contribution in [0.4, 0.5) is 10.2 Å². The molecule has 0 saturated carbocycles. The Morgan fingerprint density at radius 3 is 2.53 bits per heavy atom. The molecule has 0 aliphatic carbocycles. The van der Waals surface area contributed by atoms with Gasteiger partial charge in [-0.25, -0.2) is 4.39 Å². The monoisotopic (exact) mass is 482 g/mol. The van der Waals surface area contributed by atoms with E-state index in [0.717, 1.165) is 17.5 Å². The van der Waals surface area contributed by atoms with Crippen LogP contribution >= 0.6 is 11.8 Å². The van der Waals surface area contributed by atoms with Gasteiger partial charge in [-0.2, -0.15) is 5.10 Å². The lowest BCUT2D eigenvalue weighted by atomic mass is 10.3. The quantitative estimate of drug-likeness (QED) is 0.363. The summed E-state index contributed by atoms with van der Waals surface area (Å²) in [6.45, 7) is 1.89. The molecule has 2 aromatic carbocycles. The maximum Gasteiger partial charge on any atom is 0.235 e. The van der Waals surface area contributed by atoms with Gasteiger partial charge in [0.05, 0.1) is 24.2 Å². The Bertz CT molecular complexity index is 1290. The number of nitrogens with one attached hydrogen (secondary N) is 1. The summed E-state index contributed by atoms with van der Waals surface area (Å²) in [7, 11) is 3.34. The van der Waals surface area contributed by atoms with Crippen LogP contribution in [0, 0.1) is 12.7 Å². The number of carbonyl (C=O) groups excluding carboxylic acids is 1. The number of para-hydroxylation sites is 1. The molecule has 0 unspecified atom stereocenters. The zero-order chi connectivity index (χ0) is 24.1. The smallest absolute Gasteiger partial charge is 0.235 e. The molecule has 9 nitrogen and oxygen atoms in total. The number of nitrogens with zero attached hydrogens (tertiary/aromatic N) is 5. The van der Waals surface area contributed by atoms with Gasteiger partial charge in [-0.3, -0.25) is 14.0 Å². The molecule has 0 fully saturated rings. The maximum absolute atomic E-state index is 14.7. The average Bonchev–Trinajstić information content (AvgIpc) is 3.38. The van der Waals surface area contributed by atoms with Crippen LogP contribution in [0.15, 0.2) is 59.8 Å². The molecule has 176 valence electrons. The van der Waals surface area contributed by atoms with Gasteiger partial charge in [-0.15, -0.1) is 10.2 Å². The highest BCUT2D eigenvalue weighted by molar-refractivity contribution is 7.99. The lowest BCUT2D eigenvalue weighted by molar-refractivity contribution is -0.113. The SMILES string of the molecule is COc1ccc(OCc2nnc(SCC(=O)Nc3cc(C)nn3C)n2-c2ccccc2F)cc1. The second kappa shape index (κ2) is 10.4. The van der Waals surface area contributed by atoms with Crippen LogP contribution in [0.3, 0.4) is 0 Å². The molecule has 2 aromatic heterocycles. The number of anilines is 1. The van der Waals surface area contributed by atoms with Crippen LogP contribution in [0.1, 0.15) is 11.5 Å². The highest BCUT2D eigenvalue weighted by atomic mass is 32.2. The highest BCUT2D eigenvalue weighted by Crippen LogP contribution is 2.25. The lowest BCUT2D eigenvalue weighted by Gasteiger charge is -2.12. The second-order valence-electron chi connectivity index (χ2n) is 7.28. The van der Waals surface area contributed by atoms with Crippen LogP contribution in [0.5, 0.6) is 11.5 Å². The zero-order valence-electron chi connectivity index (χ0n) is 18.9. The van der Waals surface area contributed by atoms with Gasteiger partial charge in [0, 0.05) is 13.1 Å². The Hall–Kier alpha value is -3.86. The topological polar surface area (TPSA) is 96.1 Å². The van der Waals surface area contributed by atoms with Crippen molar-refractivity contribution in [3.63, 3.8) is 0 Å². The first kappa shape index (κ1) is 23.3. The van der Waals surface area contributed by atoms with E-state index in [1.54, 1.807) is 71.9 Å². The minimum absolute atomic E-state index is 0.0503. The molecule has 0 aliphatic heterocycles. The molecule has 0 atom stereocenters. The van der Waals surface area contributed by atoms with E-state index in [-0.39, 0.29) is 24.0 Å². The third-order valence-corrected chi connectivity index (χ3v) is 5.75. The number of hydrogen-bond acceptors (Lipinski definition) is 7. The first-order valence-electron chi connectivity index (χ1n) is 10.3.